The Kier molecular flexibility index (Phi) is 6.71. The van der Waals surface area contributed by atoms with Crippen molar-refractivity contribution in [1.82, 2.24) is 0 Å². The maximum atomic E-state index is 13.0. The Balaban J connectivity index is 2.06. The summed E-state index contributed by atoms with van der Waals surface area (Å²) in [6.07, 6.45) is 0. The molecule has 0 aliphatic carbocycles. The molecule has 0 atom stereocenters. The normalized spacial score (nSPS) is 11.9. The molecule has 3 rings (SSSR count). The molecule has 0 aromatic heterocycles. The van der Waals surface area contributed by atoms with Gasteiger partial charge in [0.25, 0.3) is 0 Å². The quantitative estimate of drug-likeness (QED) is 0.477. The first-order chi connectivity index (χ1) is 13.4. The van der Waals surface area contributed by atoms with Crippen molar-refractivity contribution in [1.29, 1.82) is 0 Å². The molecule has 3 aromatic rings. The van der Waals surface area contributed by atoms with Crippen molar-refractivity contribution in [3.8, 4) is 5.75 Å². The van der Waals surface area contributed by atoms with E-state index in [-0.39, 0.29) is 11.5 Å². The Hall–Kier alpha value is -1.94. The first-order valence-corrected chi connectivity index (χ1v) is 12.9. The number of aryl methyl sites for hydroxylation is 1. The SMILES string of the molecule is COc1ccc(I(OS(=O)(=O)c2ccc(C)cc2)c2ccccc2CO)cc1. The molecule has 3 aromatic carbocycles. The van der Waals surface area contributed by atoms with Crippen molar-refractivity contribution in [3.05, 3.63) is 91.1 Å². The molecule has 0 radical (unpaired) electrons. The summed E-state index contributed by atoms with van der Waals surface area (Å²) in [5, 5.41) is 9.74. The number of rotatable bonds is 7. The average Bonchev–Trinajstić information content (AvgIpc) is 2.72. The van der Waals surface area contributed by atoms with Gasteiger partial charge in [-0.3, -0.25) is 0 Å². The zero-order valence-electron chi connectivity index (χ0n) is 15.5. The van der Waals surface area contributed by atoms with Gasteiger partial charge in [0.2, 0.25) is 0 Å². The Morgan fingerprint density at radius 3 is 2.18 bits per heavy atom. The number of ether oxygens (including phenoxy) is 1. The van der Waals surface area contributed by atoms with Gasteiger partial charge in [-0.05, 0) is 0 Å². The van der Waals surface area contributed by atoms with E-state index in [9.17, 15) is 13.5 Å². The van der Waals surface area contributed by atoms with Gasteiger partial charge in [0, 0.05) is 0 Å². The molecule has 0 aliphatic rings. The van der Waals surface area contributed by atoms with Gasteiger partial charge in [-0.15, -0.1) is 0 Å². The van der Waals surface area contributed by atoms with E-state index in [1.165, 1.54) is 0 Å². The van der Waals surface area contributed by atoms with E-state index in [4.69, 9.17) is 7.25 Å². The molecular weight excluding hydrogens is 491 g/mol. The molecule has 0 bridgehead atoms. The zero-order chi connectivity index (χ0) is 20.1. The van der Waals surface area contributed by atoms with Crippen molar-refractivity contribution < 1.29 is 20.8 Å². The van der Waals surface area contributed by atoms with Crippen molar-refractivity contribution >= 4 is 30.4 Å². The number of methoxy groups -OCH3 is 1. The predicted molar refractivity (Wildman–Crippen MR) is 116 cm³/mol. The molecule has 28 heavy (non-hydrogen) atoms. The minimum atomic E-state index is -3.96. The van der Waals surface area contributed by atoms with Crippen molar-refractivity contribution in [3.63, 3.8) is 0 Å². The minimum absolute atomic E-state index is 0.121. The fraction of sp³-hybridized carbons (Fsp3) is 0.143. The first kappa shape index (κ1) is 20.8. The van der Waals surface area contributed by atoms with Gasteiger partial charge >= 0.3 is 173 Å². The maximum absolute atomic E-state index is 13.0. The van der Waals surface area contributed by atoms with Crippen LogP contribution >= 0.6 is 20.2 Å². The monoisotopic (exact) mass is 512 g/mol. The summed E-state index contributed by atoms with van der Waals surface area (Å²) in [6, 6.07) is 21.0. The van der Waals surface area contributed by atoms with Crippen LogP contribution in [0.1, 0.15) is 11.1 Å². The molecule has 0 amide bonds. The van der Waals surface area contributed by atoms with Crippen LogP contribution in [0.3, 0.4) is 0 Å². The van der Waals surface area contributed by atoms with E-state index in [0.29, 0.717) is 11.3 Å². The first-order valence-electron chi connectivity index (χ1n) is 8.49. The fourth-order valence-corrected chi connectivity index (χ4v) is 9.78. The number of benzene rings is 3. The Bertz CT molecular complexity index is 1030. The van der Waals surface area contributed by atoms with Crippen LogP contribution in [0.4, 0.5) is 0 Å². The number of aliphatic hydroxyl groups is 1. The van der Waals surface area contributed by atoms with Crippen molar-refractivity contribution in [2.45, 2.75) is 18.4 Å². The van der Waals surface area contributed by atoms with Gasteiger partial charge in [0.05, 0.1) is 0 Å². The number of aliphatic hydroxyl groups excluding tert-OH is 1. The topological polar surface area (TPSA) is 72.8 Å². The molecule has 148 valence electrons. The summed E-state index contributed by atoms with van der Waals surface area (Å²) >= 11 is -2.87. The average molecular weight is 512 g/mol. The fourth-order valence-electron chi connectivity index (χ4n) is 2.49. The molecule has 5 nitrogen and oxygen atoms in total. The Morgan fingerprint density at radius 1 is 0.929 bits per heavy atom. The molecule has 0 unspecified atom stereocenters. The van der Waals surface area contributed by atoms with Crippen LogP contribution in [0.25, 0.3) is 0 Å². The molecule has 0 saturated carbocycles. The van der Waals surface area contributed by atoms with Gasteiger partial charge in [-0.25, -0.2) is 0 Å². The van der Waals surface area contributed by atoms with Crippen LogP contribution in [0.2, 0.25) is 0 Å². The van der Waals surface area contributed by atoms with E-state index in [1.807, 2.05) is 37.3 Å². The summed E-state index contributed by atoms with van der Waals surface area (Å²) < 4.78 is 38.5. The second-order valence-electron chi connectivity index (χ2n) is 5.99. The third-order valence-electron chi connectivity index (χ3n) is 4.02. The standard InChI is InChI=1S/C21H21IO5S/c1-16-7-13-20(14-8-16)28(24,25)27-22(18-9-11-19(26-2)12-10-18)21-6-4-3-5-17(21)15-23/h3-14,23H,15H2,1-2H3. The second-order valence-corrected chi connectivity index (χ2v) is 12.4. The molecule has 0 saturated heterocycles. The summed E-state index contributed by atoms with van der Waals surface area (Å²) in [5.41, 5.74) is 1.64. The number of hydrogen-bond acceptors (Lipinski definition) is 5. The van der Waals surface area contributed by atoms with Crippen molar-refractivity contribution in [2.24, 2.45) is 0 Å². The summed E-state index contributed by atoms with van der Waals surface area (Å²) in [6.45, 7) is 1.71. The molecule has 0 spiro atoms. The van der Waals surface area contributed by atoms with Gasteiger partial charge < -0.3 is 0 Å². The molecule has 0 aliphatic heterocycles. The summed E-state index contributed by atoms with van der Waals surface area (Å²) in [4.78, 5) is 0.121. The van der Waals surface area contributed by atoms with Crippen molar-refractivity contribution in [2.75, 3.05) is 7.11 Å². The van der Waals surface area contributed by atoms with Crippen LogP contribution in [0.15, 0.2) is 77.7 Å². The predicted octanol–water partition coefficient (Wildman–Crippen LogP) is 4.36. The second kappa shape index (κ2) is 9.04. The number of halogens is 1. The van der Waals surface area contributed by atoms with E-state index in [0.717, 1.165) is 12.7 Å². The van der Waals surface area contributed by atoms with Crippen LogP contribution in [0.5, 0.6) is 5.75 Å². The molecule has 1 N–H and O–H groups in total. The molecule has 0 heterocycles. The van der Waals surface area contributed by atoms with Gasteiger partial charge in [0.15, 0.2) is 0 Å². The van der Waals surface area contributed by atoms with E-state index in [2.05, 4.69) is 0 Å². The van der Waals surface area contributed by atoms with E-state index >= 15 is 0 Å². The van der Waals surface area contributed by atoms with Gasteiger partial charge in [-0.1, -0.05) is 0 Å². The summed E-state index contributed by atoms with van der Waals surface area (Å²) in [5.74, 6) is 0.677. The zero-order valence-corrected chi connectivity index (χ0v) is 18.5. The van der Waals surface area contributed by atoms with Gasteiger partial charge in [-0.2, -0.15) is 0 Å². The van der Waals surface area contributed by atoms with E-state index in [1.54, 1.807) is 49.6 Å². The third kappa shape index (κ3) is 4.72. The van der Waals surface area contributed by atoms with Crippen LogP contribution in [-0.4, -0.2) is 20.6 Å². The van der Waals surface area contributed by atoms with E-state index < -0.39 is 30.4 Å². The Morgan fingerprint density at radius 2 is 1.57 bits per heavy atom. The molecule has 7 heteroatoms. The van der Waals surface area contributed by atoms with Crippen LogP contribution in [-0.2, 0) is 19.2 Å². The van der Waals surface area contributed by atoms with Crippen LogP contribution < -0.4 is 4.74 Å². The summed E-state index contributed by atoms with van der Waals surface area (Å²) in [7, 11) is -2.38. The third-order valence-corrected chi connectivity index (χ3v) is 11.6. The molecular formula is C21H21IO5S. The molecule has 0 fully saturated rings. The van der Waals surface area contributed by atoms with Gasteiger partial charge in [0.1, 0.15) is 0 Å². The number of hydrogen-bond donors (Lipinski definition) is 1. The van der Waals surface area contributed by atoms with Crippen LogP contribution in [0, 0.1) is 14.1 Å². The Labute approximate surface area is 173 Å².